The lowest BCUT2D eigenvalue weighted by Crippen LogP contribution is -2.33. The summed E-state index contributed by atoms with van der Waals surface area (Å²) in [6.07, 6.45) is 0.981. The molecule has 3 nitrogen and oxygen atoms in total. The standard InChI is InChI=1S/C13H16BrClN2O/c1-8(16)9-4-5-17(7-9)13(18)11-3-2-10(15)6-12(11)14/h2-3,6,8-9H,4-5,7,16H2,1H3. The molecule has 2 atom stereocenters. The van der Waals surface area contributed by atoms with Gasteiger partial charge in [-0.1, -0.05) is 11.6 Å². The van der Waals surface area contributed by atoms with Crippen LogP contribution in [0.3, 0.4) is 0 Å². The molecule has 1 amide bonds. The molecule has 18 heavy (non-hydrogen) atoms. The number of likely N-dealkylation sites (tertiary alicyclic amines) is 1. The van der Waals surface area contributed by atoms with E-state index in [4.69, 9.17) is 17.3 Å². The lowest BCUT2D eigenvalue weighted by molar-refractivity contribution is 0.0785. The quantitative estimate of drug-likeness (QED) is 0.905. The van der Waals surface area contributed by atoms with Crippen molar-refractivity contribution in [1.29, 1.82) is 0 Å². The summed E-state index contributed by atoms with van der Waals surface area (Å²) in [5.41, 5.74) is 6.54. The number of rotatable bonds is 2. The molecule has 98 valence electrons. The van der Waals surface area contributed by atoms with Crippen molar-refractivity contribution < 1.29 is 4.79 Å². The fourth-order valence-electron chi connectivity index (χ4n) is 2.23. The molecule has 1 aromatic carbocycles. The molecule has 1 saturated heterocycles. The van der Waals surface area contributed by atoms with Crippen LogP contribution in [0.4, 0.5) is 0 Å². The molecular formula is C13H16BrClN2O. The Balaban J connectivity index is 2.13. The zero-order chi connectivity index (χ0) is 13.3. The van der Waals surface area contributed by atoms with Gasteiger partial charge in [0, 0.05) is 28.6 Å². The van der Waals surface area contributed by atoms with E-state index in [1.807, 2.05) is 11.8 Å². The van der Waals surface area contributed by atoms with Crippen molar-refractivity contribution in [1.82, 2.24) is 4.90 Å². The van der Waals surface area contributed by atoms with Gasteiger partial charge >= 0.3 is 0 Å². The first-order valence-corrected chi connectivity index (χ1v) is 7.16. The highest BCUT2D eigenvalue weighted by atomic mass is 79.9. The van der Waals surface area contributed by atoms with Crippen molar-refractivity contribution in [3.05, 3.63) is 33.3 Å². The van der Waals surface area contributed by atoms with Crippen LogP contribution in [0.1, 0.15) is 23.7 Å². The topological polar surface area (TPSA) is 46.3 Å². The first-order valence-electron chi connectivity index (χ1n) is 5.99. The van der Waals surface area contributed by atoms with Crippen molar-refractivity contribution in [2.24, 2.45) is 11.7 Å². The van der Waals surface area contributed by atoms with Crippen LogP contribution in [-0.2, 0) is 0 Å². The predicted molar refractivity (Wildman–Crippen MR) is 76.8 cm³/mol. The van der Waals surface area contributed by atoms with Gasteiger partial charge in [0.2, 0.25) is 0 Å². The van der Waals surface area contributed by atoms with Crippen molar-refractivity contribution in [2.45, 2.75) is 19.4 Å². The van der Waals surface area contributed by atoms with E-state index >= 15 is 0 Å². The summed E-state index contributed by atoms with van der Waals surface area (Å²) in [6, 6.07) is 5.37. The minimum absolute atomic E-state index is 0.0432. The third kappa shape index (κ3) is 2.87. The fourth-order valence-corrected chi connectivity index (χ4v) is 3.09. The molecule has 1 aliphatic rings. The zero-order valence-electron chi connectivity index (χ0n) is 10.2. The van der Waals surface area contributed by atoms with E-state index in [1.54, 1.807) is 18.2 Å². The number of nitrogens with zero attached hydrogens (tertiary/aromatic N) is 1. The van der Waals surface area contributed by atoms with Gasteiger partial charge in [-0.15, -0.1) is 0 Å². The average Bonchev–Trinajstić information content (AvgIpc) is 2.77. The van der Waals surface area contributed by atoms with Gasteiger partial charge in [0.05, 0.1) is 5.56 Å². The molecule has 0 spiro atoms. The zero-order valence-corrected chi connectivity index (χ0v) is 12.5. The largest absolute Gasteiger partial charge is 0.338 e. The summed E-state index contributed by atoms with van der Waals surface area (Å²) in [7, 11) is 0. The molecule has 2 rings (SSSR count). The van der Waals surface area contributed by atoms with Crippen molar-refractivity contribution >= 4 is 33.4 Å². The maximum Gasteiger partial charge on any atom is 0.255 e. The third-order valence-corrected chi connectivity index (χ3v) is 4.31. The van der Waals surface area contributed by atoms with Crippen LogP contribution in [0.15, 0.2) is 22.7 Å². The Kier molecular flexibility index (Phi) is 4.30. The predicted octanol–water partition coefficient (Wildman–Crippen LogP) is 2.91. The highest BCUT2D eigenvalue weighted by molar-refractivity contribution is 9.10. The number of amides is 1. The lowest BCUT2D eigenvalue weighted by Gasteiger charge is -2.18. The van der Waals surface area contributed by atoms with Crippen LogP contribution < -0.4 is 5.73 Å². The second-order valence-electron chi connectivity index (χ2n) is 4.78. The minimum atomic E-state index is 0.0432. The van der Waals surface area contributed by atoms with Crippen molar-refractivity contribution in [2.75, 3.05) is 13.1 Å². The van der Waals surface area contributed by atoms with Gasteiger partial charge in [0.25, 0.3) is 5.91 Å². The molecule has 2 N–H and O–H groups in total. The Hall–Kier alpha value is -0.580. The van der Waals surface area contributed by atoms with Gasteiger partial charge in [-0.2, -0.15) is 0 Å². The molecule has 5 heteroatoms. The summed E-state index contributed by atoms with van der Waals surface area (Å²) >= 11 is 9.26. The smallest absolute Gasteiger partial charge is 0.255 e. The van der Waals surface area contributed by atoms with Gasteiger partial charge in [-0.05, 0) is 53.4 Å². The number of hydrogen-bond acceptors (Lipinski definition) is 2. The summed E-state index contributed by atoms with van der Waals surface area (Å²) in [4.78, 5) is 14.2. The van der Waals surface area contributed by atoms with Crippen LogP contribution in [0, 0.1) is 5.92 Å². The Morgan fingerprint density at radius 3 is 2.89 bits per heavy atom. The number of carbonyl (C=O) groups is 1. The summed E-state index contributed by atoms with van der Waals surface area (Å²) in [5, 5.41) is 0.619. The van der Waals surface area contributed by atoms with E-state index in [2.05, 4.69) is 15.9 Å². The van der Waals surface area contributed by atoms with Gasteiger partial charge in [-0.25, -0.2) is 0 Å². The molecule has 0 bridgehead atoms. The normalized spacial score (nSPS) is 21.1. The molecule has 1 aliphatic heterocycles. The molecule has 2 unspecified atom stereocenters. The van der Waals surface area contributed by atoms with Gasteiger partial charge in [0.15, 0.2) is 0 Å². The molecule has 0 saturated carbocycles. The number of carbonyl (C=O) groups excluding carboxylic acids is 1. The number of halogens is 2. The van der Waals surface area contributed by atoms with Crippen LogP contribution in [0.2, 0.25) is 5.02 Å². The molecule has 0 radical (unpaired) electrons. The summed E-state index contributed by atoms with van der Waals surface area (Å²) < 4.78 is 0.740. The van der Waals surface area contributed by atoms with E-state index in [-0.39, 0.29) is 11.9 Å². The van der Waals surface area contributed by atoms with E-state index in [0.717, 1.165) is 24.0 Å². The number of nitrogens with two attached hydrogens (primary N) is 1. The Morgan fingerprint density at radius 1 is 1.61 bits per heavy atom. The minimum Gasteiger partial charge on any atom is -0.338 e. The molecule has 1 fully saturated rings. The second-order valence-corrected chi connectivity index (χ2v) is 6.07. The van der Waals surface area contributed by atoms with Crippen molar-refractivity contribution in [3.63, 3.8) is 0 Å². The van der Waals surface area contributed by atoms with Gasteiger partial charge < -0.3 is 10.6 Å². The first-order chi connectivity index (χ1) is 8.49. The lowest BCUT2D eigenvalue weighted by atomic mass is 10.0. The maximum atomic E-state index is 12.4. The van der Waals surface area contributed by atoms with Gasteiger partial charge in [0.1, 0.15) is 0 Å². The molecule has 1 heterocycles. The molecule has 0 aliphatic carbocycles. The van der Waals surface area contributed by atoms with E-state index in [0.29, 0.717) is 16.5 Å². The second kappa shape index (κ2) is 5.59. The van der Waals surface area contributed by atoms with Crippen LogP contribution in [-0.4, -0.2) is 29.9 Å². The Bertz CT molecular complexity index is 464. The summed E-state index contributed by atoms with van der Waals surface area (Å²) in [6.45, 7) is 3.52. The average molecular weight is 332 g/mol. The number of hydrogen-bond donors (Lipinski definition) is 1. The maximum absolute atomic E-state index is 12.4. The highest BCUT2D eigenvalue weighted by Crippen LogP contribution is 2.26. The van der Waals surface area contributed by atoms with Gasteiger partial charge in [-0.3, -0.25) is 4.79 Å². The van der Waals surface area contributed by atoms with E-state index in [1.165, 1.54) is 0 Å². The molecule has 1 aromatic rings. The first kappa shape index (κ1) is 13.8. The SMILES string of the molecule is CC(N)C1CCN(C(=O)c2ccc(Cl)cc2Br)C1. The van der Waals surface area contributed by atoms with E-state index < -0.39 is 0 Å². The fraction of sp³-hybridized carbons (Fsp3) is 0.462. The Labute approximate surface area is 120 Å². The Morgan fingerprint density at radius 2 is 2.33 bits per heavy atom. The molecular weight excluding hydrogens is 316 g/mol. The van der Waals surface area contributed by atoms with Crippen LogP contribution >= 0.6 is 27.5 Å². The highest BCUT2D eigenvalue weighted by Gasteiger charge is 2.29. The molecule has 0 aromatic heterocycles. The van der Waals surface area contributed by atoms with Crippen LogP contribution in [0.5, 0.6) is 0 Å². The van der Waals surface area contributed by atoms with Crippen LogP contribution in [0.25, 0.3) is 0 Å². The number of benzene rings is 1. The van der Waals surface area contributed by atoms with E-state index in [9.17, 15) is 4.79 Å². The monoisotopic (exact) mass is 330 g/mol. The third-order valence-electron chi connectivity index (χ3n) is 3.42. The summed E-state index contributed by atoms with van der Waals surface area (Å²) in [5.74, 6) is 0.446. The van der Waals surface area contributed by atoms with Crippen molar-refractivity contribution in [3.8, 4) is 0 Å².